The molecule has 2 aromatic rings. The molecule has 5 nitrogen and oxygen atoms in total. The van der Waals surface area contributed by atoms with Crippen molar-refractivity contribution in [1.82, 2.24) is 19.6 Å². The highest BCUT2D eigenvalue weighted by Crippen LogP contribution is 2.24. The second-order valence-corrected chi connectivity index (χ2v) is 5.50. The van der Waals surface area contributed by atoms with Gasteiger partial charge < -0.3 is 4.90 Å². The van der Waals surface area contributed by atoms with Crippen LogP contribution in [0.5, 0.6) is 0 Å². The van der Waals surface area contributed by atoms with Crippen LogP contribution in [0.15, 0.2) is 42.6 Å². The Bertz CT molecular complexity index is 622. The summed E-state index contributed by atoms with van der Waals surface area (Å²) < 4.78 is 1.64. The van der Waals surface area contributed by atoms with E-state index in [0.29, 0.717) is 12.2 Å². The first-order valence-corrected chi connectivity index (χ1v) is 7.19. The summed E-state index contributed by atoms with van der Waals surface area (Å²) in [6.45, 7) is 2.34. The largest absolute Gasteiger partial charge is 0.334 e. The summed E-state index contributed by atoms with van der Waals surface area (Å²) in [5, 5.41) is 4.08. The van der Waals surface area contributed by atoms with E-state index in [2.05, 4.69) is 29.2 Å². The Balaban J connectivity index is 1.80. The molecule has 0 aliphatic carbocycles. The lowest BCUT2D eigenvalue weighted by atomic mass is 10.0. The lowest BCUT2D eigenvalue weighted by molar-refractivity contribution is 0.0536. The molecule has 0 spiro atoms. The second-order valence-electron chi connectivity index (χ2n) is 5.50. The Labute approximate surface area is 124 Å². The molecule has 1 amide bonds. The first-order valence-electron chi connectivity index (χ1n) is 7.19. The van der Waals surface area contributed by atoms with E-state index in [-0.39, 0.29) is 11.9 Å². The smallest absolute Gasteiger partial charge is 0.272 e. The Hall–Kier alpha value is -2.14. The van der Waals surface area contributed by atoms with Gasteiger partial charge in [-0.05, 0) is 18.7 Å². The molecule has 1 aromatic heterocycles. The van der Waals surface area contributed by atoms with Crippen LogP contribution in [0.1, 0.15) is 22.1 Å². The predicted molar refractivity (Wildman–Crippen MR) is 80.9 cm³/mol. The molecule has 21 heavy (non-hydrogen) atoms. The van der Waals surface area contributed by atoms with Gasteiger partial charge in [-0.2, -0.15) is 5.10 Å². The standard InChI is InChI=1S/C16H20N4O/c1-18-10-11-20(16(21)14-8-9-17-19(14)2)12-15(18)13-6-4-3-5-7-13/h3-9,15H,10-12H2,1-2H3/t15-/m0/s1. The van der Waals surface area contributed by atoms with Crippen LogP contribution in [0.25, 0.3) is 0 Å². The molecule has 1 aliphatic heterocycles. The van der Waals surface area contributed by atoms with Crippen molar-refractivity contribution in [1.29, 1.82) is 0 Å². The molecule has 0 saturated carbocycles. The highest BCUT2D eigenvalue weighted by molar-refractivity contribution is 5.92. The van der Waals surface area contributed by atoms with Crippen molar-refractivity contribution in [3.8, 4) is 0 Å². The van der Waals surface area contributed by atoms with E-state index in [9.17, 15) is 4.79 Å². The van der Waals surface area contributed by atoms with E-state index in [1.165, 1.54) is 5.56 Å². The fourth-order valence-corrected chi connectivity index (χ4v) is 2.84. The molecule has 1 atom stereocenters. The molecule has 2 heterocycles. The number of aryl methyl sites for hydroxylation is 1. The van der Waals surface area contributed by atoms with Gasteiger partial charge in [-0.1, -0.05) is 30.3 Å². The maximum absolute atomic E-state index is 12.6. The quantitative estimate of drug-likeness (QED) is 0.840. The van der Waals surface area contributed by atoms with Crippen LogP contribution >= 0.6 is 0 Å². The van der Waals surface area contributed by atoms with E-state index in [1.807, 2.05) is 23.1 Å². The van der Waals surface area contributed by atoms with Crippen molar-refractivity contribution in [3.05, 3.63) is 53.9 Å². The van der Waals surface area contributed by atoms with Gasteiger partial charge in [0, 0.05) is 32.9 Å². The first kappa shape index (κ1) is 13.8. The molecule has 5 heteroatoms. The Kier molecular flexibility index (Phi) is 3.75. The molecule has 1 aromatic carbocycles. The van der Waals surface area contributed by atoms with Gasteiger partial charge in [-0.25, -0.2) is 0 Å². The zero-order valence-electron chi connectivity index (χ0n) is 12.4. The number of rotatable bonds is 2. The highest BCUT2D eigenvalue weighted by atomic mass is 16.2. The lowest BCUT2D eigenvalue weighted by Gasteiger charge is -2.39. The SMILES string of the molecule is CN1CCN(C(=O)c2ccnn2C)C[C@H]1c1ccccc1. The third kappa shape index (κ3) is 2.69. The third-order valence-corrected chi connectivity index (χ3v) is 4.16. The molecule has 3 rings (SSSR count). The van der Waals surface area contributed by atoms with Crippen molar-refractivity contribution in [2.24, 2.45) is 7.05 Å². The summed E-state index contributed by atoms with van der Waals surface area (Å²) >= 11 is 0. The number of carbonyl (C=O) groups excluding carboxylic acids is 1. The number of nitrogens with zero attached hydrogens (tertiary/aromatic N) is 4. The van der Waals surface area contributed by atoms with Crippen LogP contribution in [-0.2, 0) is 7.05 Å². The van der Waals surface area contributed by atoms with Crippen LogP contribution in [-0.4, -0.2) is 52.2 Å². The minimum atomic E-state index is 0.0593. The number of benzene rings is 1. The van der Waals surface area contributed by atoms with Crippen molar-refractivity contribution < 1.29 is 4.79 Å². The molecule has 0 N–H and O–H groups in total. The molecule has 1 saturated heterocycles. The van der Waals surface area contributed by atoms with Gasteiger partial charge in [-0.15, -0.1) is 0 Å². The average Bonchev–Trinajstić information content (AvgIpc) is 2.94. The maximum atomic E-state index is 12.6. The van der Waals surface area contributed by atoms with E-state index in [4.69, 9.17) is 0 Å². The fourth-order valence-electron chi connectivity index (χ4n) is 2.84. The molecule has 110 valence electrons. The first-order chi connectivity index (χ1) is 10.2. The van der Waals surface area contributed by atoms with Crippen LogP contribution < -0.4 is 0 Å². The predicted octanol–water partition coefficient (Wildman–Crippen LogP) is 1.55. The molecule has 0 radical (unpaired) electrons. The summed E-state index contributed by atoms with van der Waals surface area (Å²) in [5.41, 5.74) is 1.90. The van der Waals surface area contributed by atoms with Crippen LogP contribution in [0, 0.1) is 0 Å². The number of piperazine rings is 1. The Morgan fingerprint density at radius 2 is 1.90 bits per heavy atom. The van der Waals surface area contributed by atoms with Crippen molar-refractivity contribution in [2.75, 3.05) is 26.7 Å². The number of amides is 1. The van der Waals surface area contributed by atoms with Gasteiger partial charge in [0.05, 0.1) is 6.04 Å². The molecule has 1 aliphatic rings. The van der Waals surface area contributed by atoms with Gasteiger partial charge in [0.25, 0.3) is 5.91 Å². The molecular weight excluding hydrogens is 264 g/mol. The summed E-state index contributed by atoms with van der Waals surface area (Å²) in [5.74, 6) is 0.0593. The Morgan fingerprint density at radius 1 is 1.14 bits per heavy atom. The number of likely N-dealkylation sites (N-methyl/N-ethyl adjacent to an activating group) is 1. The minimum absolute atomic E-state index is 0.0593. The van der Waals surface area contributed by atoms with Crippen LogP contribution in [0.4, 0.5) is 0 Å². The normalized spacial score (nSPS) is 19.7. The fraction of sp³-hybridized carbons (Fsp3) is 0.375. The van der Waals surface area contributed by atoms with E-state index in [1.54, 1.807) is 24.0 Å². The van der Waals surface area contributed by atoms with Gasteiger partial charge in [0.15, 0.2) is 0 Å². The van der Waals surface area contributed by atoms with Crippen LogP contribution in [0.3, 0.4) is 0 Å². The van der Waals surface area contributed by atoms with Crippen molar-refractivity contribution in [3.63, 3.8) is 0 Å². The van der Waals surface area contributed by atoms with Gasteiger partial charge in [0.2, 0.25) is 0 Å². The number of hydrogen-bond donors (Lipinski definition) is 0. The molecular formula is C16H20N4O. The monoisotopic (exact) mass is 284 g/mol. The number of hydrogen-bond acceptors (Lipinski definition) is 3. The van der Waals surface area contributed by atoms with Gasteiger partial charge in [0.1, 0.15) is 5.69 Å². The zero-order chi connectivity index (χ0) is 14.8. The highest BCUT2D eigenvalue weighted by Gasteiger charge is 2.29. The van der Waals surface area contributed by atoms with Gasteiger partial charge in [-0.3, -0.25) is 14.4 Å². The maximum Gasteiger partial charge on any atom is 0.272 e. The summed E-state index contributed by atoms with van der Waals surface area (Å²) in [6.07, 6.45) is 1.66. The average molecular weight is 284 g/mol. The minimum Gasteiger partial charge on any atom is -0.334 e. The van der Waals surface area contributed by atoms with Crippen LogP contribution in [0.2, 0.25) is 0 Å². The molecule has 0 unspecified atom stereocenters. The second kappa shape index (κ2) is 5.69. The molecule has 1 fully saturated rings. The number of aromatic nitrogens is 2. The third-order valence-electron chi connectivity index (χ3n) is 4.16. The summed E-state index contributed by atoms with van der Waals surface area (Å²) in [6, 6.07) is 12.4. The summed E-state index contributed by atoms with van der Waals surface area (Å²) in [7, 11) is 3.92. The summed E-state index contributed by atoms with van der Waals surface area (Å²) in [4.78, 5) is 16.8. The topological polar surface area (TPSA) is 41.4 Å². The van der Waals surface area contributed by atoms with Gasteiger partial charge >= 0.3 is 0 Å². The van der Waals surface area contributed by atoms with E-state index >= 15 is 0 Å². The van der Waals surface area contributed by atoms with E-state index < -0.39 is 0 Å². The van der Waals surface area contributed by atoms with E-state index in [0.717, 1.165) is 13.1 Å². The Morgan fingerprint density at radius 3 is 2.57 bits per heavy atom. The lowest BCUT2D eigenvalue weighted by Crippen LogP contribution is -2.49. The number of carbonyl (C=O) groups is 1. The van der Waals surface area contributed by atoms with Crippen molar-refractivity contribution >= 4 is 5.91 Å². The zero-order valence-corrected chi connectivity index (χ0v) is 12.4. The van der Waals surface area contributed by atoms with Crippen molar-refractivity contribution in [2.45, 2.75) is 6.04 Å². The molecule has 0 bridgehead atoms.